The van der Waals surface area contributed by atoms with Crippen molar-refractivity contribution in [1.29, 1.82) is 0 Å². The molecule has 1 atom stereocenters. The van der Waals surface area contributed by atoms with Crippen molar-refractivity contribution in [3.8, 4) is 12.3 Å². The van der Waals surface area contributed by atoms with Gasteiger partial charge in [-0.25, -0.2) is 0 Å². The number of hydrogen-bond acceptors (Lipinski definition) is 1. The van der Waals surface area contributed by atoms with E-state index in [-0.39, 0.29) is 0 Å². The van der Waals surface area contributed by atoms with E-state index in [0.29, 0.717) is 6.04 Å². The van der Waals surface area contributed by atoms with E-state index in [1.165, 1.54) is 16.3 Å². The second-order valence-electron chi connectivity index (χ2n) is 4.53. The van der Waals surface area contributed by atoms with Crippen LogP contribution in [0.3, 0.4) is 0 Å². The molecule has 0 fully saturated rings. The van der Waals surface area contributed by atoms with Crippen LogP contribution in [0, 0.1) is 12.3 Å². The van der Waals surface area contributed by atoms with Crippen LogP contribution in [0.5, 0.6) is 0 Å². The van der Waals surface area contributed by atoms with Crippen LogP contribution in [-0.4, -0.2) is 6.04 Å². The van der Waals surface area contributed by atoms with Crippen molar-refractivity contribution in [2.45, 2.75) is 32.4 Å². The second-order valence-corrected chi connectivity index (χ2v) is 4.53. The quantitative estimate of drug-likeness (QED) is 0.781. The third kappa shape index (κ3) is 2.91. The predicted octanol–water partition coefficient (Wildman–Crippen LogP) is 3.73. The summed E-state index contributed by atoms with van der Waals surface area (Å²) in [5, 5.41) is 6.15. The number of rotatable bonds is 5. The molecule has 0 spiro atoms. The lowest BCUT2D eigenvalue weighted by atomic mass is 10.0. The first-order valence-electron chi connectivity index (χ1n) is 6.48. The monoisotopic (exact) mass is 237 g/mol. The van der Waals surface area contributed by atoms with Crippen LogP contribution in [-0.2, 0) is 6.54 Å². The van der Waals surface area contributed by atoms with Crippen molar-refractivity contribution in [2.24, 2.45) is 0 Å². The second kappa shape index (κ2) is 6.23. The minimum Gasteiger partial charge on any atom is -0.309 e. The van der Waals surface area contributed by atoms with Crippen molar-refractivity contribution in [1.82, 2.24) is 5.32 Å². The Bertz CT molecular complexity index is 546. The van der Waals surface area contributed by atoms with E-state index >= 15 is 0 Å². The third-order valence-electron chi connectivity index (χ3n) is 3.32. The molecule has 0 saturated carbocycles. The molecule has 0 aromatic heterocycles. The Morgan fingerprint density at radius 3 is 2.72 bits per heavy atom. The van der Waals surface area contributed by atoms with Crippen LogP contribution >= 0.6 is 0 Å². The number of fused-ring (bicyclic) bond motifs is 1. The maximum atomic E-state index is 5.37. The van der Waals surface area contributed by atoms with Gasteiger partial charge in [0.1, 0.15) is 0 Å². The molecule has 2 aromatic rings. The molecule has 1 heteroatoms. The molecule has 1 nitrogen and oxygen atoms in total. The molecule has 1 unspecified atom stereocenters. The van der Waals surface area contributed by atoms with Gasteiger partial charge in [0.15, 0.2) is 0 Å². The highest BCUT2D eigenvalue weighted by Gasteiger charge is 2.05. The van der Waals surface area contributed by atoms with Crippen LogP contribution < -0.4 is 5.32 Å². The molecule has 0 aliphatic carbocycles. The van der Waals surface area contributed by atoms with Gasteiger partial charge in [-0.05, 0) is 22.8 Å². The lowest BCUT2D eigenvalue weighted by Crippen LogP contribution is -2.27. The highest BCUT2D eigenvalue weighted by atomic mass is 14.9. The Balaban J connectivity index is 2.14. The molecular weight excluding hydrogens is 218 g/mol. The smallest absolute Gasteiger partial charge is 0.0240 e. The zero-order valence-corrected chi connectivity index (χ0v) is 10.8. The van der Waals surface area contributed by atoms with Crippen LogP contribution in [0.2, 0.25) is 0 Å². The summed E-state index contributed by atoms with van der Waals surface area (Å²) < 4.78 is 0. The lowest BCUT2D eigenvalue weighted by Gasteiger charge is -2.15. The standard InChI is InChI=1S/C17H19N/c1-3-8-16(4-2)18-13-15-11-7-10-14-9-5-6-12-17(14)15/h1,5-7,9-12,16,18H,4,8,13H2,2H3. The van der Waals surface area contributed by atoms with Crippen LogP contribution in [0.1, 0.15) is 25.3 Å². The topological polar surface area (TPSA) is 12.0 Å². The van der Waals surface area contributed by atoms with Crippen LogP contribution in [0.15, 0.2) is 42.5 Å². The minimum absolute atomic E-state index is 0.411. The molecular formula is C17H19N. The Hall–Kier alpha value is -1.78. The van der Waals surface area contributed by atoms with Gasteiger partial charge in [0.05, 0.1) is 0 Å². The molecule has 2 aromatic carbocycles. The summed E-state index contributed by atoms with van der Waals surface area (Å²) in [6, 6.07) is 15.3. The molecule has 92 valence electrons. The van der Waals surface area contributed by atoms with Crippen LogP contribution in [0.25, 0.3) is 10.8 Å². The molecule has 0 heterocycles. The van der Waals surface area contributed by atoms with Gasteiger partial charge in [0.25, 0.3) is 0 Å². The van der Waals surface area contributed by atoms with Crippen molar-refractivity contribution in [2.75, 3.05) is 0 Å². The SMILES string of the molecule is C#CCC(CC)NCc1cccc2ccccc12. The Morgan fingerprint density at radius 1 is 1.17 bits per heavy atom. The maximum Gasteiger partial charge on any atom is 0.0240 e. The molecule has 0 amide bonds. The van der Waals surface area contributed by atoms with Crippen molar-refractivity contribution in [3.05, 3.63) is 48.0 Å². The van der Waals surface area contributed by atoms with E-state index in [1.807, 2.05) is 0 Å². The van der Waals surface area contributed by atoms with E-state index < -0.39 is 0 Å². The fraction of sp³-hybridized carbons (Fsp3) is 0.294. The fourth-order valence-electron chi connectivity index (χ4n) is 2.20. The summed E-state index contributed by atoms with van der Waals surface area (Å²) in [5.74, 6) is 2.73. The van der Waals surface area contributed by atoms with Gasteiger partial charge in [-0.1, -0.05) is 49.4 Å². The van der Waals surface area contributed by atoms with Gasteiger partial charge in [0, 0.05) is 19.0 Å². The summed E-state index contributed by atoms with van der Waals surface area (Å²) in [4.78, 5) is 0. The summed E-state index contributed by atoms with van der Waals surface area (Å²) in [7, 11) is 0. The van der Waals surface area contributed by atoms with Gasteiger partial charge in [0.2, 0.25) is 0 Å². The average molecular weight is 237 g/mol. The summed E-state index contributed by atoms with van der Waals surface area (Å²) in [6.07, 6.45) is 7.23. The van der Waals surface area contributed by atoms with E-state index in [9.17, 15) is 0 Å². The van der Waals surface area contributed by atoms with E-state index in [2.05, 4.69) is 60.6 Å². The molecule has 18 heavy (non-hydrogen) atoms. The first kappa shape index (κ1) is 12.7. The Kier molecular flexibility index (Phi) is 4.39. The lowest BCUT2D eigenvalue weighted by molar-refractivity contribution is 0.508. The Labute approximate surface area is 109 Å². The van der Waals surface area contributed by atoms with Crippen molar-refractivity contribution >= 4 is 10.8 Å². The van der Waals surface area contributed by atoms with E-state index in [4.69, 9.17) is 6.42 Å². The molecule has 0 bridgehead atoms. The first-order valence-corrected chi connectivity index (χ1v) is 6.48. The zero-order valence-electron chi connectivity index (χ0n) is 10.8. The first-order chi connectivity index (χ1) is 8.85. The van der Waals surface area contributed by atoms with Gasteiger partial charge < -0.3 is 5.32 Å². The molecule has 0 aliphatic heterocycles. The van der Waals surface area contributed by atoms with Crippen molar-refractivity contribution in [3.63, 3.8) is 0 Å². The number of terminal acetylenes is 1. The molecule has 0 saturated heterocycles. The van der Waals surface area contributed by atoms with E-state index in [0.717, 1.165) is 19.4 Å². The number of hydrogen-bond donors (Lipinski definition) is 1. The molecule has 2 rings (SSSR count). The summed E-state index contributed by atoms with van der Waals surface area (Å²) in [5.41, 5.74) is 1.34. The number of nitrogens with one attached hydrogen (secondary N) is 1. The van der Waals surface area contributed by atoms with Crippen LogP contribution in [0.4, 0.5) is 0 Å². The molecule has 0 aliphatic rings. The minimum atomic E-state index is 0.411. The normalized spacial score (nSPS) is 12.2. The average Bonchev–Trinajstić information content (AvgIpc) is 2.43. The van der Waals surface area contributed by atoms with Gasteiger partial charge in [-0.2, -0.15) is 0 Å². The fourth-order valence-corrected chi connectivity index (χ4v) is 2.20. The zero-order chi connectivity index (χ0) is 12.8. The summed E-state index contributed by atoms with van der Waals surface area (Å²) in [6.45, 7) is 3.04. The summed E-state index contributed by atoms with van der Waals surface area (Å²) >= 11 is 0. The van der Waals surface area contributed by atoms with Gasteiger partial charge in [-0.3, -0.25) is 0 Å². The highest BCUT2D eigenvalue weighted by molar-refractivity contribution is 5.85. The largest absolute Gasteiger partial charge is 0.309 e. The van der Waals surface area contributed by atoms with Gasteiger partial charge in [-0.15, -0.1) is 12.3 Å². The number of benzene rings is 2. The predicted molar refractivity (Wildman–Crippen MR) is 78.3 cm³/mol. The van der Waals surface area contributed by atoms with E-state index in [1.54, 1.807) is 0 Å². The molecule has 1 N–H and O–H groups in total. The highest BCUT2D eigenvalue weighted by Crippen LogP contribution is 2.18. The maximum absolute atomic E-state index is 5.37. The molecule has 0 radical (unpaired) electrons. The van der Waals surface area contributed by atoms with Gasteiger partial charge >= 0.3 is 0 Å². The third-order valence-corrected chi connectivity index (χ3v) is 3.32. The van der Waals surface area contributed by atoms with Crippen molar-refractivity contribution < 1.29 is 0 Å². The Morgan fingerprint density at radius 2 is 1.94 bits per heavy atom.